The van der Waals surface area contributed by atoms with Crippen LogP contribution in [0.25, 0.3) is 0 Å². The minimum atomic E-state index is -0.712. The van der Waals surface area contributed by atoms with Crippen LogP contribution in [-0.2, 0) is 11.3 Å². The number of hydrogen-bond acceptors (Lipinski definition) is 4. The van der Waals surface area contributed by atoms with E-state index in [1.54, 1.807) is 30.4 Å². The highest BCUT2D eigenvalue weighted by Gasteiger charge is 2.22. The number of nitrogens with two attached hydrogens (primary N) is 1. The molecule has 2 rings (SSSR count). The molecule has 6 heteroatoms. The van der Waals surface area contributed by atoms with Crippen LogP contribution in [0.2, 0.25) is 0 Å². The molecule has 0 spiro atoms. The number of para-hydroxylation sites is 1. The van der Waals surface area contributed by atoms with Crippen molar-refractivity contribution in [2.45, 2.75) is 12.6 Å². The van der Waals surface area contributed by atoms with Crippen molar-refractivity contribution in [1.82, 2.24) is 4.90 Å². The van der Waals surface area contributed by atoms with Crippen molar-refractivity contribution in [3.8, 4) is 5.75 Å². The summed E-state index contributed by atoms with van der Waals surface area (Å²) >= 11 is 1.62. The second kappa shape index (κ2) is 8.02. The van der Waals surface area contributed by atoms with Crippen LogP contribution in [0.3, 0.4) is 0 Å². The van der Waals surface area contributed by atoms with Crippen molar-refractivity contribution < 1.29 is 9.53 Å². The van der Waals surface area contributed by atoms with Gasteiger partial charge in [0.25, 0.3) is 0 Å². The van der Waals surface area contributed by atoms with Gasteiger partial charge in [-0.2, -0.15) is 0 Å². The van der Waals surface area contributed by atoms with Gasteiger partial charge in [-0.3, -0.25) is 4.79 Å². The normalized spacial score (nSPS) is 11.4. The van der Waals surface area contributed by atoms with E-state index in [4.69, 9.17) is 10.5 Å². The lowest BCUT2D eigenvalue weighted by Gasteiger charge is -2.22. The van der Waals surface area contributed by atoms with Gasteiger partial charge in [0.1, 0.15) is 11.8 Å². The summed E-state index contributed by atoms with van der Waals surface area (Å²) in [5.74, 6) is 0.515. The molecule has 1 amide bonds. The van der Waals surface area contributed by atoms with Gasteiger partial charge in [0, 0.05) is 17.5 Å². The van der Waals surface area contributed by atoms with Gasteiger partial charge in [0.2, 0.25) is 5.91 Å². The molecule has 0 saturated carbocycles. The topological polar surface area (TPSA) is 55.6 Å². The number of carbonyl (C=O) groups excluding carboxylic acids is 1. The Labute approximate surface area is 134 Å². The Morgan fingerprint density at radius 3 is 2.67 bits per heavy atom. The first-order valence-corrected chi connectivity index (χ1v) is 7.17. The molecule has 1 aromatic carbocycles. The number of methoxy groups -OCH3 is 1. The maximum absolute atomic E-state index is 12.4. The Bertz CT molecular complexity index is 575. The molecule has 114 valence electrons. The standard InChI is InChI=1S/C15H18N2O2S.ClH/c1-17(10-11-6-5-9-20-11)15(18)14(16)12-7-3-4-8-13(12)19-2;/h3-9,14H,10,16H2,1-2H3;1H. The van der Waals surface area contributed by atoms with E-state index < -0.39 is 6.04 Å². The van der Waals surface area contributed by atoms with Gasteiger partial charge >= 0.3 is 0 Å². The summed E-state index contributed by atoms with van der Waals surface area (Å²) in [6.07, 6.45) is 0. The largest absolute Gasteiger partial charge is 0.496 e. The molecule has 0 aliphatic heterocycles. The van der Waals surface area contributed by atoms with Gasteiger partial charge in [0.15, 0.2) is 0 Å². The van der Waals surface area contributed by atoms with E-state index in [1.165, 1.54) is 0 Å². The maximum Gasteiger partial charge on any atom is 0.244 e. The Morgan fingerprint density at radius 1 is 1.33 bits per heavy atom. The molecule has 1 atom stereocenters. The molecule has 0 bridgehead atoms. The van der Waals surface area contributed by atoms with Crippen molar-refractivity contribution in [1.29, 1.82) is 0 Å². The summed E-state index contributed by atoms with van der Waals surface area (Å²) in [6, 6.07) is 10.6. The monoisotopic (exact) mass is 326 g/mol. The summed E-state index contributed by atoms with van der Waals surface area (Å²) in [5, 5.41) is 1.99. The molecule has 0 radical (unpaired) electrons. The van der Waals surface area contributed by atoms with E-state index in [0.29, 0.717) is 17.9 Å². The number of rotatable bonds is 5. The molecule has 0 fully saturated rings. The summed E-state index contributed by atoms with van der Waals surface area (Å²) in [7, 11) is 3.34. The summed E-state index contributed by atoms with van der Waals surface area (Å²) in [4.78, 5) is 15.2. The molecule has 21 heavy (non-hydrogen) atoms. The lowest BCUT2D eigenvalue weighted by atomic mass is 10.1. The first-order valence-electron chi connectivity index (χ1n) is 6.29. The van der Waals surface area contributed by atoms with E-state index >= 15 is 0 Å². The number of likely N-dealkylation sites (N-methyl/N-ethyl adjacent to an activating group) is 1. The first-order chi connectivity index (χ1) is 9.63. The summed E-state index contributed by atoms with van der Waals surface area (Å²) in [5.41, 5.74) is 6.78. The van der Waals surface area contributed by atoms with Crippen molar-refractivity contribution in [3.63, 3.8) is 0 Å². The van der Waals surface area contributed by atoms with Crippen LogP contribution in [0.4, 0.5) is 0 Å². The maximum atomic E-state index is 12.4. The van der Waals surface area contributed by atoms with Crippen LogP contribution in [0.1, 0.15) is 16.5 Å². The number of ether oxygens (including phenoxy) is 1. The molecule has 2 aromatic rings. The molecule has 1 heterocycles. The molecular formula is C15H19ClN2O2S. The van der Waals surface area contributed by atoms with Gasteiger partial charge < -0.3 is 15.4 Å². The van der Waals surface area contributed by atoms with Crippen LogP contribution < -0.4 is 10.5 Å². The lowest BCUT2D eigenvalue weighted by Crippen LogP contribution is -2.35. The third-order valence-electron chi connectivity index (χ3n) is 3.09. The van der Waals surface area contributed by atoms with Crippen molar-refractivity contribution in [2.24, 2.45) is 5.73 Å². The highest BCUT2D eigenvalue weighted by atomic mass is 35.5. The zero-order valence-corrected chi connectivity index (χ0v) is 13.6. The second-order valence-electron chi connectivity index (χ2n) is 4.49. The number of halogens is 1. The van der Waals surface area contributed by atoms with Crippen LogP contribution in [0.15, 0.2) is 41.8 Å². The van der Waals surface area contributed by atoms with Gasteiger partial charge in [-0.15, -0.1) is 23.7 Å². The van der Waals surface area contributed by atoms with Crippen molar-refractivity contribution in [3.05, 3.63) is 52.2 Å². The number of benzene rings is 1. The van der Waals surface area contributed by atoms with Crippen molar-refractivity contribution in [2.75, 3.05) is 14.2 Å². The summed E-state index contributed by atoms with van der Waals surface area (Å²) in [6.45, 7) is 0.569. The average Bonchev–Trinajstić information content (AvgIpc) is 2.98. The van der Waals surface area contributed by atoms with Crippen LogP contribution in [0.5, 0.6) is 5.75 Å². The smallest absolute Gasteiger partial charge is 0.244 e. The zero-order valence-electron chi connectivity index (χ0n) is 12.0. The molecule has 0 saturated heterocycles. The second-order valence-corrected chi connectivity index (χ2v) is 5.53. The fourth-order valence-corrected chi connectivity index (χ4v) is 2.77. The minimum absolute atomic E-state index is 0. The Morgan fingerprint density at radius 2 is 2.05 bits per heavy atom. The SMILES string of the molecule is COc1ccccc1C(N)C(=O)N(C)Cc1cccs1.Cl. The van der Waals surface area contributed by atoms with Crippen LogP contribution in [-0.4, -0.2) is 25.0 Å². The minimum Gasteiger partial charge on any atom is -0.496 e. The fraction of sp³-hybridized carbons (Fsp3) is 0.267. The number of hydrogen-bond donors (Lipinski definition) is 1. The Kier molecular flexibility index (Phi) is 6.68. The predicted molar refractivity (Wildman–Crippen MR) is 88.0 cm³/mol. The van der Waals surface area contributed by atoms with E-state index in [1.807, 2.05) is 41.8 Å². The number of amides is 1. The van der Waals surface area contributed by atoms with Gasteiger partial charge in [-0.25, -0.2) is 0 Å². The highest BCUT2D eigenvalue weighted by Crippen LogP contribution is 2.25. The molecule has 4 nitrogen and oxygen atoms in total. The zero-order chi connectivity index (χ0) is 14.5. The fourth-order valence-electron chi connectivity index (χ4n) is 2.01. The summed E-state index contributed by atoms with van der Waals surface area (Å²) < 4.78 is 5.25. The predicted octanol–water partition coefficient (Wildman–Crippen LogP) is 2.84. The molecule has 0 aliphatic carbocycles. The number of nitrogens with zero attached hydrogens (tertiary/aromatic N) is 1. The van der Waals surface area contributed by atoms with Crippen LogP contribution >= 0.6 is 23.7 Å². The van der Waals surface area contributed by atoms with E-state index in [-0.39, 0.29) is 18.3 Å². The highest BCUT2D eigenvalue weighted by molar-refractivity contribution is 7.09. The Balaban J connectivity index is 0.00000220. The molecule has 1 aromatic heterocycles. The average molecular weight is 327 g/mol. The van der Waals surface area contributed by atoms with E-state index in [9.17, 15) is 4.79 Å². The van der Waals surface area contributed by atoms with E-state index in [2.05, 4.69) is 0 Å². The first kappa shape index (κ1) is 17.5. The van der Waals surface area contributed by atoms with E-state index in [0.717, 1.165) is 4.88 Å². The molecule has 1 unspecified atom stereocenters. The quantitative estimate of drug-likeness (QED) is 0.919. The Hall–Kier alpha value is -1.56. The molecule has 0 aliphatic rings. The van der Waals surface area contributed by atoms with Crippen LogP contribution in [0, 0.1) is 0 Å². The van der Waals surface area contributed by atoms with Gasteiger partial charge in [-0.05, 0) is 17.5 Å². The van der Waals surface area contributed by atoms with Gasteiger partial charge in [0.05, 0.1) is 13.7 Å². The molecule has 2 N–H and O–H groups in total. The van der Waals surface area contributed by atoms with Gasteiger partial charge in [-0.1, -0.05) is 24.3 Å². The third-order valence-corrected chi connectivity index (χ3v) is 3.95. The van der Waals surface area contributed by atoms with Crippen molar-refractivity contribution >= 4 is 29.7 Å². The number of carbonyl (C=O) groups is 1. The third kappa shape index (κ3) is 4.20. The number of thiophene rings is 1. The lowest BCUT2D eigenvalue weighted by molar-refractivity contribution is -0.131. The molecular weight excluding hydrogens is 308 g/mol.